The van der Waals surface area contributed by atoms with Crippen LogP contribution in [-0.2, 0) is 4.79 Å². The van der Waals surface area contributed by atoms with Gasteiger partial charge in [-0.1, -0.05) is 0 Å². The molecular weight excluding hydrogens is 242 g/mol. The van der Waals surface area contributed by atoms with E-state index in [1.165, 1.54) is 25.1 Å². The highest BCUT2D eigenvalue weighted by Crippen LogP contribution is 2.29. The van der Waals surface area contributed by atoms with E-state index in [1.54, 1.807) is 0 Å². The van der Waals surface area contributed by atoms with Gasteiger partial charge >= 0.3 is 0 Å². The van der Waals surface area contributed by atoms with Crippen LogP contribution in [0.5, 0.6) is 0 Å². The highest BCUT2D eigenvalue weighted by Gasteiger charge is 2.16. The van der Waals surface area contributed by atoms with Crippen molar-refractivity contribution in [2.24, 2.45) is 0 Å². The number of alkyl halides is 3. The lowest BCUT2D eigenvalue weighted by atomic mass is 10.1. The molecule has 1 nitrogen and oxygen atoms in total. The highest BCUT2D eigenvalue weighted by molar-refractivity contribution is 7.80. The topological polar surface area (TPSA) is 17.1 Å². The molecular formula is C10H9ClF2OS. The number of carbonyl (C=O) groups excluding carboxylic acids is 1. The number of hydrogen-bond donors (Lipinski definition) is 1. The Morgan fingerprint density at radius 3 is 2.33 bits per heavy atom. The number of halogens is 3. The maximum absolute atomic E-state index is 12.4. The number of rotatable bonds is 3. The first-order chi connectivity index (χ1) is 6.91. The van der Waals surface area contributed by atoms with Crippen LogP contribution in [0.2, 0.25) is 0 Å². The quantitative estimate of drug-likeness (QED) is 0.638. The first-order valence-corrected chi connectivity index (χ1v) is 5.06. The van der Waals surface area contributed by atoms with Crippen LogP contribution in [0.3, 0.4) is 0 Å². The van der Waals surface area contributed by atoms with Crippen LogP contribution in [0.1, 0.15) is 29.9 Å². The molecule has 82 valence electrons. The maximum Gasteiger partial charge on any atom is 0.263 e. The van der Waals surface area contributed by atoms with Crippen LogP contribution in [0, 0.1) is 0 Å². The fourth-order valence-electron chi connectivity index (χ4n) is 1.17. The average Bonchev–Trinajstić information content (AvgIpc) is 2.15. The largest absolute Gasteiger partial charge is 0.298 e. The Hall–Kier alpha value is -0.610. The van der Waals surface area contributed by atoms with Crippen LogP contribution < -0.4 is 0 Å². The van der Waals surface area contributed by atoms with Crippen LogP contribution >= 0.6 is 24.2 Å². The lowest BCUT2D eigenvalue weighted by Crippen LogP contribution is -2.02. The molecule has 1 aromatic carbocycles. The minimum atomic E-state index is -2.59. The molecule has 0 radical (unpaired) electrons. The zero-order valence-corrected chi connectivity index (χ0v) is 9.53. The van der Waals surface area contributed by atoms with Gasteiger partial charge in [0, 0.05) is 10.5 Å². The zero-order valence-electron chi connectivity index (χ0n) is 7.88. The van der Waals surface area contributed by atoms with Crippen molar-refractivity contribution in [3.05, 3.63) is 29.3 Å². The van der Waals surface area contributed by atoms with Gasteiger partial charge in [-0.2, -0.15) is 0 Å². The first-order valence-electron chi connectivity index (χ1n) is 4.18. The van der Waals surface area contributed by atoms with Crippen molar-refractivity contribution in [1.82, 2.24) is 0 Å². The minimum absolute atomic E-state index is 0.176. The van der Waals surface area contributed by atoms with Crippen molar-refractivity contribution < 1.29 is 13.6 Å². The second-order valence-corrected chi connectivity index (χ2v) is 4.08. The van der Waals surface area contributed by atoms with Crippen molar-refractivity contribution in [2.45, 2.75) is 23.6 Å². The van der Waals surface area contributed by atoms with E-state index in [9.17, 15) is 13.6 Å². The van der Waals surface area contributed by atoms with Crippen molar-refractivity contribution in [3.63, 3.8) is 0 Å². The molecule has 0 N–H and O–H groups in total. The molecule has 0 aromatic heterocycles. The van der Waals surface area contributed by atoms with E-state index in [1.807, 2.05) is 0 Å². The summed E-state index contributed by atoms with van der Waals surface area (Å²) >= 11 is 9.74. The molecule has 0 aliphatic heterocycles. The molecule has 0 heterocycles. The van der Waals surface area contributed by atoms with Gasteiger partial charge in [-0.05, 0) is 30.7 Å². The second-order valence-electron chi connectivity index (χ2n) is 3.13. The average molecular weight is 251 g/mol. The molecule has 1 aromatic rings. The standard InChI is InChI=1S/C10H9ClF2OS/c1-5(14)9(11)6-2-7(10(12)13)4-8(15)3-6/h2-4,9-10,15H,1H3. The van der Waals surface area contributed by atoms with Crippen molar-refractivity contribution in [3.8, 4) is 0 Å². The summed E-state index contributed by atoms with van der Waals surface area (Å²) in [5.41, 5.74) is 0.177. The Labute approximate surface area is 96.8 Å². The Balaban J connectivity index is 3.14. The summed E-state index contributed by atoms with van der Waals surface area (Å²) < 4.78 is 24.9. The summed E-state index contributed by atoms with van der Waals surface area (Å²) in [7, 11) is 0. The molecule has 0 amide bonds. The van der Waals surface area contributed by atoms with Gasteiger partial charge in [0.2, 0.25) is 0 Å². The summed E-state index contributed by atoms with van der Waals surface area (Å²) in [4.78, 5) is 11.4. The van der Waals surface area contributed by atoms with E-state index in [-0.39, 0.29) is 11.3 Å². The Morgan fingerprint density at radius 2 is 1.87 bits per heavy atom. The molecule has 1 unspecified atom stereocenters. The molecule has 15 heavy (non-hydrogen) atoms. The predicted octanol–water partition coefficient (Wildman–Crippen LogP) is 3.78. The number of thiol groups is 1. The smallest absolute Gasteiger partial charge is 0.263 e. The molecule has 0 bridgehead atoms. The van der Waals surface area contributed by atoms with Crippen LogP contribution in [0.4, 0.5) is 8.78 Å². The van der Waals surface area contributed by atoms with Gasteiger partial charge < -0.3 is 0 Å². The molecule has 0 aliphatic carbocycles. The number of carbonyl (C=O) groups is 1. The third kappa shape index (κ3) is 3.18. The summed E-state index contributed by atoms with van der Waals surface area (Å²) in [6, 6.07) is 3.98. The van der Waals surface area contributed by atoms with Crippen LogP contribution in [0.15, 0.2) is 23.1 Å². The van der Waals surface area contributed by atoms with Crippen LogP contribution in [0.25, 0.3) is 0 Å². The maximum atomic E-state index is 12.4. The van der Waals surface area contributed by atoms with Gasteiger partial charge in [0.1, 0.15) is 5.38 Å². The molecule has 0 spiro atoms. The molecule has 0 aliphatic rings. The fraction of sp³-hybridized carbons (Fsp3) is 0.300. The molecule has 1 rings (SSSR count). The zero-order chi connectivity index (χ0) is 11.6. The van der Waals surface area contributed by atoms with Gasteiger partial charge in [0.25, 0.3) is 6.43 Å². The number of Topliss-reactive ketones (excluding diaryl/α,β-unsaturated/α-hetero) is 1. The van der Waals surface area contributed by atoms with E-state index in [0.717, 1.165) is 0 Å². The normalized spacial score (nSPS) is 12.9. The third-order valence-corrected chi connectivity index (χ3v) is 2.68. The fourth-order valence-corrected chi connectivity index (χ4v) is 1.59. The minimum Gasteiger partial charge on any atom is -0.298 e. The summed E-state index contributed by atoms with van der Waals surface area (Å²) in [6.45, 7) is 1.31. The van der Waals surface area contributed by atoms with E-state index in [4.69, 9.17) is 11.6 Å². The van der Waals surface area contributed by atoms with Crippen molar-refractivity contribution in [2.75, 3.05) is 0 Å². The highest BCUT2D eigenvalue weighted by atomic mass is 35.5. The van der Waals surface area contributed by atoms with Gasteiger partial charge in [-0.15, -0.1) is 24.2 Å². The van der Waals surface area contributed by atoms with E-state index >= 15 is 0 Å². The summed E-state index contributed by atoms with van der Waals surface area (Å²) in [6.07, 6.45) is -2.59. The van der Waals surface area contributed by atoms with Gasteiger partial charge in [-0.3, -0.25) is 4.79 Å². The molecule has 1 atom stereocenters. The lowest BCUT2D eigenvalue weighted by molar-refractivity contribution is -0.116. The van der Waals surface area contributed by atoms with Gasteiger partial charge in [0.15, 0.2) is 5.78 Å². The van der Waals surface area contributed by atoms with Crippen molar-refractivity contribution in [1.29, 1.82) is 0 Å². The Bertz CT molecular complexity index is 382. The number of ketones is 1. The Kier molecular flexibility index (Phi) is 4.11. The number of hydrogen-bond acceptors (Lipinski definition) is 2. The van der Waals surface area contributed by atoms with Gasteiger partial charge in [0.05, 0.1) is 0 Å². The second kappa shape index (κ2) is 4.94. The van der Waals surface area contributed by atoms with E-state index in [0.29, 0.717) is 10.5 Å². The predicted molar refractivity (Wildman–Crippen MR) is 57.9 cm³/mol. The molecule has 0 fully saturated rings. The monoisotopic (exact) mass is 250 g/mol. The Morgan fingerprint density at radius 1 is 1.33 bits per heavy atom. The van der Waals surface area contributed by atoms with Gasteiger partial charge in [-0.25, -0.2) is 8.78 Å². The third-order valence-electron chi connectivity index (χ3n) is 1.86. The van der Waals surface area contributed by atoms with Crippen molar-refractivity contribution >= 4 is 30.0 Å². The number of benzene rings is 1. The first kappa shape index (κ1) is 12.5. The molecule has 5 heteroatoms. The van der Waals surface area contributed by atoms with E-state index in [2.05, 4.69) is 12.6 Å². The summed E-state index contributed by atoms with van der Waals surface area (Å²) in [5, 5.41) is -0.894. The summed E-state index contributed by atoms with van der Waals surface area (Å²) in [5.74, 6) is -0.282. The van der Waals surface area contributed by atoms with E-state index < -0.39 is 11.8 Å². The lowest BCUT2D eigenvalue weighted by Gasteiger charge is -2.09. The molecule has 0 saturated carbocycles. The SMILES string of the molecule is CC(=O)C(Cl)c1cc(S)cc(C(F)F)c1. The van der Waals surface area contributed by atoms with Crippen LogP contribution in [-0.4, -0.2) is 5.78 Å². The molecule has 0 saturated heterocycles.